The normalized spacial score (nSPS) is 12.7. The van der Waals surface area contributed by atoms with E-state index >= 15 is 0 Å². The number of nitrogens with one attached hydrogen (secondary N) is 3. The number of benzene rings is 2. The minimum atomic E-state index is -0.663. The first kappa shape index (κ1) is 24.1. The Bertz CT molecular complexity index is 924. The van der Waals surface area contributed by atoms with Gasteiger partial charge >= 0.3 is 0 Å². The molecule has 0 bridgehead atoms. The Kier molecular flexibility index (Phi) is 8.79. The van der Waals surface area contributed by atoms with Gasteiger partial charge in [0.2, 0.25) is 5.91 Å². The van der Waals surface area contributed by atoms with Gasteiger partial charge in [-0.25, -0.2) is 0 Å². The van der Waals surface area contributed by atoms with Crippen molar-refractivity contribution in [2.24, 2.45) is 5.92 Å². The zero-order valence-corrected chi connectivity index (χ0v) is 19.0. The molecule has 3 amide bonds. The highest BCUT2D eigenvalue weighted by Crippen LogP contribution is 2.10. The maximum Gasteiger partial charge on any atom is 0.252 e. The summed E-state index contributed by atoms with van der Waals surface area (Å²) >= 11 is 0. The van der Waals surface area contributed by atoms with Crippen molar-refractivity contribution < 1.29 is 14.4 Å². The molecule has 3 N–H and O–H groups in total. The molecule has 2 atom stereocenters. The molecule has 6 heteroatoms. The molecular weight excluding hydrogens is 390 g/mol. The summed E-state index contributed by atoms with van der Waals surface area (Å²) in [5.41, 5.74) is 2.79. The van der Waals surface area contributed by atoms with Crippen LogP contribution in [-0.4, -0.2) is 29.8 Å². The number of hydrogen-bond donors (Lipinski definition) is 3. The molecule has 0 radical (unpaired) electrons. The molecule has 6 nitrogen and oxygen atoms in total. The van der Waals surface area contributed by atoms with Gasteiger partial charge in [0.05, 0.1) is 0 Å². The van der Waals surface area contributed by atoms with Gasteiger partial charge in [-0.15, -0.1) is 0 Å². The SMILES string of the molecule is CCC(C)NC(=O)c1cccc(CNC(=O)C(NC(=O)c2ccccc2C)C(C)C)c1. The van der Waals surface area contributed by atoms with Crippen LogP contribution in [0, 0.1) is 12.8 Å². The highest BCUT2D eigenvalue weighted by Gasteiger charge is 2.25. The summed E-state index contributed by atoms with van der Waals surface area (Å²) in [5, 5.41) is 8.68. The monoisotopic (exact) mass is 423 g/mol. The van der Waals surface area contributed by atoms with E-state index in [9.17, 15) is 14.4 Å². The summed E-state index contributed by atoms with van der Waals surface area (Å²) in [6.07, 6.45) is 0.853. The number of aryl methyl sites for hydroxylation is 1. The van der Waals surface area contributed by atoms with E-state index in [1.807, 2.05) is 52.8 Å². The topological polar surface area (TPSA) is 87.3 Å². The first-order chi connectivity index (χ1) is 14.7. The Labute approximate surface area is 184 Å². The predicted octanol–water partition coefficient (Wildman–Crippen LogP) is 3.59. The third-order valence-corrected chi connectivity index (χ3v) is 5.27. The molecule has 0 saturated heterocycles. The van der Waals surface area contributed by atoms with Gasteiger partial charge in [-0.1, -0.05) is 51.1 Å². The average molecular weight is 424 g/mol. The molecule has 2 aromatic rings. The van der Waals surface area contributed by atoms with Gasteiger partial charge in [-0.05, 0) is 55.5 Å². The summed E-state index contributed by atoms with van der Waals surface area (Å²) in [7, 11) is 0. The molecule has 0 aromatic heterocycles. The van der Waals surface area contributed by atoms with Crippen LogP contribution >= 0.6 is 0 Å². The molecule has 0 heterocycles. The number of amides is 3. The van der Waals surface area contributed by atoms with Crippen LogP contribution in [0.4, 0.5) is 0 Å². The van der Waals surface area contributed by atoms with Crippen molar-refractivity contribution in [1.82, 2.24) is 16.0 Å². The van der Waals surface area contributed by atoms with Gasteiger partial charge in [-0.3, -0.25) is 14.4 Å². The first-order valence-corrected chi connectivity index (χ1v) is 10.8. The second kappa shape index (κ2) is 11.3. The van der Waals surface area contributed by atoms with E-state index in [-0.39, 0.29) is 36.2 Å². The zero-order chi connectivity index (χ0) is 23.0. The lowest BCUT2D eigenvalue weighted by molar-refractivity contribution is -0.124. The van der Waals surface area contributed by atoms with Gasteiger partial charge in [0, 0.05) is 23.7 Å². The maximum atomic E-state index is 12.8. The largest absolute Gasteiger partial charge is 0.350 e. The Balaban J connectivity index is 2.02. The van der Waals surface area contributed by atoms with Crippen LogP contribution in [0.25, 0.3) is 0 Å². The van der Waals surface area contributed by atoms with Gasteiger partial charge < -0.3 is 16.0 Å². The number of rotatable bonds is 9. The van der Waals surface area contributed by atoms with Crippen molar-refractivity contribution in [3.05, 3.63) is 70.8 Å². The second-order valence-corrected chi connectivity index (χ2v) is 8.21. The number of hydrogen-bond acceptors (Lipinski definition) is 3. The quantitative estimate of drug-likeness (QED) is 0.576. The van der Waals surface area contributed by atoms with E-state index in [2.05, 4.69) is 16.0 Å². The zero-order valence-electron chi connectivity index (χ0n) is 19.0. The van der Waals surface area contributed by atoms with Crippen LogP contribution in [0.5, 0.6) is 0 Å². The fraction of sp³-hybridized carbons (Fsp3) is 0.400. The fourth-order valence-corrected chi connectivity index (χ4v) is 3.11. The molecule has 0 aliphatic rings. The summed E-state index contributed by atoms with van der Waals surface area (Å²) in [5.74, 6) is -0.740. The molecule has 31 heavy (non-hydrogen) atoms. The minimum Gasteiger partial charge on any atom is -0.350 e. The van der Waals surface area contributed by atoms with E-state index in [0.29, 0.717) is 11.1 Å². The van der Waals surface area contributed by atoms with E-state index in [4.69, 9.17) is 0 Å². The predicted molar refractivity (Wildman–Crippen MR) is 123 cm³/mol. The molecule has 2 aromatic carbocycles. The molecule has 2 unspecified atom stereocenters. The van der Waals surface area contributed by atoms with Gasteiger partial charge in [0.15, 0.2) is 0 Å². The van der Waals surface area contributed by atoms with E-state index in [1.54, 1.807) is 30.3 Å². The van der Waals surface area contributed by atoms with Crippen molar-refractivity contribution in [3.8, 4) is 0 Å². The van der Waals surface area contributed by atoms with Crippen LogP contribution in [0.1, 0.15) is 66.0 Å². The first-order valence-electron chi connectivity index (χ1n) is 10.8. The highest BCUT2D eigenvalue weighted by molar-refractivity contribution is 5.98. The number of carbonyl (C=O) groups is 3. The summed E-state index contributed by atoms with van der Waals surface area (Å²) < 4.78 is 0. The van der Waals surface area contributed by atoms with Crippen molar-refractivity contribution in [3.63, 3.8) is 0 Å². The molecule has 0 aliphatic heterocycles. The van der Waals surface area contributed by atoms with E-state index < -0.39 is 6.04 Å². The molecule has 0 saturated carbocycles. The van der Waals surface area contributed by atoms with Gasteiger partial charge in [-0.2, -0.15) is 0 Å². The summed E-state index contributed by atoms with van der Waals surface area (Å²) in [6, 6.07) is 13.9. The van der Waals surface area contributed by atoms with Crippen molar-refractivity contribution >= 4 is 17.7 Å². The van der Waals surface area contributed by atoms with Gasteiger partial charge in [0.25, 0.3) is 11.8 Å². The molecule has 2 rings (SSSR count). The maximum absolute atomic E-state index is 12.8. The lowest BCUT2D eigenvalue weighted by atomic mass is 10.0. The average Bonchev–Trinajstić information content (AvgIpc) is 2.75. The van der Waals surface area contributed by atoms with Crippen LogP contribution in [-0.2, 0) is 11.3 Å². The molecule has 0 spiro atoms. The standard InChI is InChI=1S/C25H33N3O3/c1-6-18(5)27-23(29)20-12-9-11-19(14-20)15-26-25(31)22(16(2)3)28-24(30)21-13-8-7-10-17(21)4/h7-14,16,18,22H,6,15H2,1-5H3,(H,26,31)(H,27,29)(H,28,30). The highest BCUT2D eigenvalue weighted by atomic mass is 16.2. The van der Waals surface area contributed by atoms with Crippen molar-refractivity contribution in [1.29, 1.82) is 0 Å². The van der Waals surface area contributed by atoms with Crippen LogP contribution in [0.2, 0.25) is 0 Å². The molecular formula is C25H33N3O3. The third-order valence-electron chi connectivity index (χ3n) is 5.27. The lowest BCUT2D eigenvalue weighted by Gasteiger charge is -2.22. The third kappa shape index (κ3) is 6.95. The smallest absolute Gasteiger partial charge is 0.252 e. The summed E-state index contributed by atoms with van der Waals surface area (Å²) in [6.45, 7) is 9.89. The molecule has 0 aliphatic carbocycles. The minimum absolute atomic E-state index is 0.0828. The lowest BCUT2D eigenvalue weighted by Crippen LogP contribution is -2.49. The Hall–Kier alpha value is -3.15. The van der Waals surface area contributed by atoms with E-state index in [1.165, 1.54) is 0 Å². The van der Waals surface area contributed by atoms with Crippen LogP contribution in [0.3, 0.4) is 0 Å². The van der Waals surface area contributed by atoms with Crippen LogP contribution in [0.15, 0.2) is 48.5 Å². The number of carbonyl (C=O) groups excluding carboxylic acids is 3. The summed E-state index contributed by atoms with van der Waals surface area (Å²) in [4.78, 5) is 37.8. The molecule has 166 valence electrons. The van der Waals surface area contributed by atoms with Gasteiger partial charge in [0.1, 0.15) is 6.04 Å². The van der Waals surface area contributed by atoms with Crippen molar-refractivity contribution in [2.75, 3.05) is 0 Å². The Morgan fingerprint density at radius 3 is 2.26 bits per heavy atom. The molecule has 0 fully saturated rings. The second-order valence-electron chi connectivity index (χ2n) is 8.21. The Morgan fingerprint density at radius 2 is 1.61 bits per heavy atom. The van der Waals surface area contributed by atoms with Crippen LogP contribution < -0.4 is 16.0 Å². The van der Waals surface area contributed by atoms with Crippen molar-refractivity contribution in [2.45, 2.75) is 59.7 Å². The Morgan fingerprint density at radius 1 is 0.903 bits per heavy atom. The van der Waals surface area contributed by atoms with E-state index in [0.717, 1.165) is 17.5 Å². The fourth-order valence-electron chi connectivity index (χ4n) is 3.11.